The molecule has 0 radical (unpaired) electrons. The molecule has 0 aromatic heterocycles. The van der Waals surface area contributed by atoms with Crippen molar-refractivity contribution in [1.82, 2.24) is 5.32 Å². The highest BCUT2D eigenvalue weighted by Crippen LogP contribution is 2.21. The SMILES string of the molecule is O=CNC1=Nc2ccccc2CC=C1. The lowest BCUT2D eigenvalue weighted by atomic mass is 10.1. The van der Waals surface area contributed by atoms with E-state index in [1.807, 2.05) is 36.4 Å². The molecule has 1 aromatic rings. The molecule has 0 saturated heterocycles. The number of amides is 1. The topological polar surface area (TPSA) is 41.5 Å². The molecule has 14 heavy (non-hydrogen) atoms. The number of carbonyl (C=O) groups excluding carboxylic acids is 1. The fraction of sp³-hybridized carbons (Fsp3) is 0.0909. The maximum absolute atomic E-state index is 10.3. The molecule has 70 valence electrons. The van der Waals surface area contributed by atoms with Crippen LogP contribution in [0.1, 0.15) is 5.56 Å². The number of rotatable bonds is 1. The van der Waals surface area contributed by atoms with Gasteiger partial charge < -0.3 is 5.32 Å². The van der Waals surface area contributed by atoms with Gasteiger partial charge in [-0.15, -0.1) is 0 Å². The number of nitrogens with zero attached hydrogens (tertiary/aromatic N) is 1. The maximum Gasteiger partial charge on any atom is 0.212 e. The second-order valence-corrected chi connectivity index (χ2v) is 2.99. The number of allylic oxidation sites excluding steroid dienone is 1. The highest BCUT2D eigenvalue weighted by atomic mass is 16.1. The zero-order chi connectivity index (χ0) is 9.80. The summed E-state index contributed by atoms with van der Waals surface area (Å²) < 4.78 is 0. The summed E-state index contributed by atoms with van der Waals surface area (Å²) in [6.45, 7) is 0. The van der Waals surface area contributed by atoms with Crippen LogP contribution in [0, 0.1) is 0 Å². The number of amidine groups is 1. The molecule has 0 fully saturated rings. The summed E-state index contributed by atoms with van der Waals surface area (Å²) >= 11 is 0. The summed E-state index contributed by atoms with van der Waals surface area (Å²) in [7, 11) is 0. The first-order valence-electron chi connectivity index (χ1n) is 4.43. The predicted molar refractivity (Wildman–Crippen MR) is 55.6 cm³/mol. The Bertz CT molecular complexity index is 408. The molecule has 1 amide bonds. The van der Waals surface area contributed by atoms with Gasteiger partial charge in [-0.1, -0.05) is 24.3 Å². The van der Waals surface area contributed by atoms with E-state index in [1.165, 1.54) is 5.56 Å². The molecule has 0 aliphatic carbocycles. The van der Waals surface area contributed by atoms with Crippen LogP contribution in [0.4, 0.5) is 5.69 Å². The van der Waals surface area contributed by atoms with Crippen LogP contribution in [-0.4, -0.2) is 12.2 Å². The lowest BCUT2D eigenvalue weighted by Crippen LogP contribution is -2.18. The summed E-state index contributed by atoms with van der Waals surface area (Å²) in [5.74, 6) is 0.588. The van der Waals surface area contributed by atoms with Gasteiger partial charge in [0, 0.05) is 0 Å². The Morgan fingerprint density at radius 3 is 3.07 bits per heavy atom. The minimum atomic E-state index is 0.588. The first kappa shape index (κ1) is 8.69. The van der Waals surface area contributed by atoms with Crippen LogP contribution in [0.3, 0.4) is 0 Å². The molecular formula is C11H10N2O. The van der Waals surface area contributed by atoms with Crippen molar-refractivity contribution in [3.8, 4) is 0 Å². The van der Waals surface area contributed by atoms with Crippen LogP contribution in [0.5, 0.6) is 0 Å². The number of carbonyl (C=O) groups is 1. The van der Waals surface area contributed by atoms with E-state index in [2.05, 4.69) is 10.3 Å². The van der Waals surface area contributed by atoms with Crippen LogP contribution in [-0.2, 0) is 11.2 Å². The molecule has 1 heterocycles. The number of benzene rings is 1. The monoisotopic (exact) mass is 186 g/mol. The first-order valence-corrected chi connectivity index (χ1v) is 4.43. The molecule has 0 bridgehead atoms. The molecule has 3 nitrogen and oxygen atoms in total. The van der Waals surface area contributed by atoms with E-state index >= 15 is 0 Å². The standard InChI is InChI=1S/C11H10N2O/c14-8-12-11-7-3-5-9-4-1-2-6-10(9)13-11/h1-4,6-8H,5H2,(H,12,13,14). The normalized spacial score (nSPS) is 13.9. The van der Waals surface area contributed by atoms with Crippen molar-refractivity contribution < 1.29 is 4.79 Å². The van der Waals surface area contributed by atoms with Crippen molar-refractivity contribution in [3.05, 3.63) is 42.0 Å². The Hall–Kier alpha value is -1.90. The van der Waals surface area contributed by atoms with Crippen LogP contribution < -0.4 is 5.32 Å². The lowest BCUT2D eigenvalue weighted by Gasteiger charge is -2.00. The van der Waals surface area contributed by atoms with Crippen molar-refractivity contribution in [3.63, 3.8) is 0 Å². The van der Waals surface area contributed by atoms with Gasteiger partial charge in [-0.2, -0.15) is 0 Å². The van der Waals surface area contributed by atoms with Crippen molar-refractivity contribution in [2.75, 3.05) is 0 Å². The van der Waals surface area contributed by atoms with E-state index < -0.39 is 0 Å². The minimum Gasteiger partial charge on any atom is -0.313 e. The third-order valence-corrected chi connectivity index (χ3v) is 2.05. The van der Waals surface area contributed by atoms with E-state index in [-0.39, 0.29) is 0 Å². The van der Waals surface area contributed by atoms with Crippen molar-refractivity contribution in [2.24, 2.45) is 4.99 Å². The summed E-state index contributed by atoms with van der Waals surface area (Å²) in [4.78, 5) is 14.6. The van der Waals surface area contributed by atoms with E-state index in [4.69, 9.17) is 0 Å². The Morgan fingerprint density at radius 1 is 1.36 bits per heavy atom. The van der Waals surface area contributed by atoms with Gasteiger partial charge in [0.2, 0.25) is 6.41 Å². The second-order valence-electron chi connectivity index (χ2n) is 2.99. The highest BCUT2D eigenvalue weighted by molar-refractivity contribution is 6.01. The molecule has 0 unspecified atom stereocenters. The van der Waals surface area contributed by atoms with Crippen molar-refractivity contribution >= 4 is 17.9 Å². The molecule has 1 aliphatic heterocycles. The highest BCUT2D eigenvalue weighted by Gasteiger charge is 2.03. The second kappa shape index (κ2) is 3.87. The third kappa shape index (κ3) is 1.71. The molecule has 0 atom stereocenters. The summed E-state index contributed by atoms with van der Waals surface area (Å²) in [5, 5.41) is 2.55. The van der Waals surface area contributed by atoms with Gasteiger partial charge in [0.25, 0.3) is 0 Å². The van der Waals surface area contributed by atoms with Crippen LogP contribution in [0.25, 0.3) is 0 Å². The zero-order valence-corrected chi connectivity index (χ0v) is 7.60. The van der Waals surface area contributed by atoms with Gasteiger partial charge in [0.05, 0.1) is 5.69 Å². The Labute approximate surface area is 82.2 Å². The first-order chi connectivity index (χ1) is 6.90. The summed E-state index contributed by atoms with van der Waals surface area (Å²) in [5.41, 5.74) is 2.09. The van der Waals surface area contributed by atoms with Gasteiger partial charge in [-0.05, 0) is 24.1 Å². The summed E-state index contributed by atoms with van der Waals surface area (Å²) in [6.07, 6.45) is 5.29. The van der Waals surface area contributed by atoms with Crippen LogP contribution >= 0.6 is 0 Å². The molecule has 0 spiro atoms. The predicted octanol–water partition coefficient (Wildman–Crippen LogP) is 1.57. The van der Waals surface area contributed by atoms with Gasteiger partial charge >= 0.3 is 0 Å². The average Bonchev–Trinajstić information content (AvgIpc) is 2.40. The minimum absolute atomic E-state index is 0.588. The van der Waals surface area contributed by atoms with Gasteiger partial charge in [0.15, 0.2) is 0 Å². The summed E-state index contributed by atoms with van der Waals surface area (Å²) in [6, 6.07) is 7.90. The average molecular weight is 186 g/mol. The van der Waals surface area contributed by atoms with E-state index in [1.54, 1.807) is 0 Å². The number of para-hydroxylation sites is 1. The molecule has 1 aromatic carbocycles. The molecule has 3 heteroatoms. The molecule has 1 aliphatic rings. The van der Waals surface area contributed by atoms with Gasteiger partial charge in [0.1, 0.15) is 5.84 Å². The number of nitrogens with one attached hydrogen (secondary N) is 1. The lowest BCUT2D eigenvalue weighted by molar-refractivity contribution is -0.108. The third-order valence-electron chi connectivity index (χ3n) is 2.05. The fourth-order valence-electron chi connectivity index (χ4n) is 1.40. The van der Waals surface area contributed by atoms with Crippen molar-refractivity contribution in [1.29, 1.82) is 0 Å². The zero-order valence-electron chi connectivity index (χ0n) is 7.60. The van der Waals surface area contributed by atoms with E-state index in [0.29, 0.717) is 12.2 Å². The number of hydrogen-bond donors (Lipinski definition) is 1. The number of hydrogen-bond acceptors (Lipinski definition) is 2. The van der Waals surface area contributed by atoms with Crippen LogP contribution in [0.15, 0.2) is 41.4 Å². The largest absolute Gasteiger partial charge is 0.313 e. The van der Waals surface area contributed by atoms with Crippen LogP contribution in [0.2, 0.25) is 0 Å². The fourth-order valence-corrected chi connectivity index (χ4v) is 1.40. The quantitative estimate of drug-likeness (QED) is 0.664. The molecular weight excluding hydrogens is 176 g/mol. The number of aliphatic imine (C=N–C) groups is 1. The Morgan fingerprint density at radius 2 is 2.21 bits per heavy atom. The van der Waals surface area contributed by atoms with Crippen molar-refractivity contribution in [2.45, 2.75) is 6.42 Å². The number of fused-ring (bicyclic) bond motifs is 1. The molecule has 0 saturated carbocycles. The van der Waals surface area contributed by atoms with E-state index in [9.17, 15) is 4.79 Å². The maximum atomic E-state index is 10.3. The molecule has 1 N–H and O–H groups in total. The van der Waals surface area contributed by atoms with E-state index in [0.717, 1.165) is 12.1 Å². The van der Waals surface area contributed by atoms with Gasteiger partial charge in [-0.25, -0.2) is 4.99 Å². The Balaban J connectivity index is 2.40. The Kier molecular flexibility index (Phi) is 2.40. The smallest absolute Gasteiger partial charge is 0.212 e. The van der Waals surface area contributed by atoms with Gasteiger partial charge in [-0.3, -0.25) is 4.79 Å². The molecule has 2 rings (SSSR count).